The average Bonchev–Trinajstić information content (AvgIpc) is 2.49. The fourth-order valence-electron chi connectivity index (χ4n) is 1.27. The highest BCUT2D eigenvalue weighted by molar-refractivity contribution is 7.99. The molecule has 0 amide bonds. The third kappa shape index (κ3) is 4.50. The molecule has 1 fully saturated rings. The van der Waals surface area contributed by atoms with Crippen LogP contribution in [0.1, 0.15) is 12.8 Å². The molecule has 0 aromatic rings. The average molecular weight is 206 g/mol. The molecule has 2 atom stereocenters. The lowest BCUT2D eigenvalue weighted by Gasteiger charge is -2.10. The first-order valence-electron chi connectivity index (χ1n) is 4.66. The van der Waals surface area contributed by atoms with Crippen LogP contribution < -0.4 is 0 Å². The summed E-state index contributed by atoms with van der Waals surface area (Å²) in [5.74, 6) is 2.43. The van der Waals surface area contributed by atoms with E-state index < -0.39 is 9.04 Å². The second-order valence-electron chi connectivity index (χ2n) is 3.35. The van der Waals surface area contributed by atoms with E-state index in [1.165, 1.54) is 17.9 Å². The van der Waals surface area contributed by atoms with E-state index in [1.807, 2.05) is 18.3 Å². The van der Waals surface area contributed by atoms with Gasteiger partial charge < -0.3 is 9.53 Å². The van der Waals surface area contributed by atoms with E-state index in [0.717, 1.165) is 19.1 Å². The normalized spacial score (nSPS) is 26.0. The second-order valence-corrected chi connectivity index (χ2v) is 6.77. The molecule has 0 saturated carbocycles. The van der Waals surface area contributed by atoms with Crippen LogP contribution in [0, 0.1) is 0 Å². The van der Waals surface area contributed by atoms with Gasteiger partial charge in [-0.05, 0) is 31.2 Å². The summed E-state index contributed by atoms with van der Waals surface area (Å²) in [6, 6.07) is 1.000. The Morgan fingerprint density at radius 1 is 1.67 bits per heavy atom. The van der Waals surface area contributed by atoms with Crippen molar-refractivity contribution in [2.45, 2.75) is 31.5 Å². The van der Waals surface area contributed by atoms with Crippen LogP contribution in [-0.4, -0.2) is 38.1 Å². The molecular formula is C8H18O2SSi. The Kier molecular flexibility index (Phi) is 5.30. The molecule has 0 radical (unpaired) electrons. The molecule has 72 valence electrons. The van der Waals surface area contributed by atoms with Gasteiger partial charge in [0.15, 0.2) is 9.04 Å². The Labute approximate surface area is 80.4 Å². The number of thioether (sulfide) groups is 1. The minimum Gasteiger partial charge on any atom is -0.435 e. The van der Waals surface area contributed by atoms with Crippen LogP contribution >= 0.6 is 11.8 Å². The number of rotatable bonds is 5. The summed E-state index contributed by atoms with van der Waals surface area (Å²) in [5.41, 5.74) is 0. The van der Waals surface area contributed by atoms with Gasteiger partial charge in [-0.1, -0.05) is 0 Å². The molecule has 2 unspecified atom stereocenters. The maximum absolute atomic E-state index is 9.12. The van der Waals surface area contributed by atoms with E-state index in [2.05, 4.69) is 0 Å². The monoisotopic (exact) mass is 206 g/mol. The van der Waals surface area contributed by atoms with Crippen LogP contribution in [0.15, 0.2) is 0 Å². The van der Waals surface area contributed by atoms with Gasteiger partial charge in [-0.3, -0.25) is 0 Å². The summed E-state index contributed by atoms with van der Waals surface area (Å²) in [6.45, 7) is 2.81. The van der Waals surface area contributed by atoms with E-state index in [9.17, 15) is 0 Å². The number of ether oxygens (including phenoxy) is 1. The van der Waals surface area contributed by atoms with Gasteiger partial charge in [0, 0.05) is 12.4 Å². The molecule has 1 heterocycles. The Morgan fingerprint density at radius 2 is 2.50 bits per heavy atom. The number of hydrogen-bond donors (Lipinski definition) is 1. The lowest BCUT2D eigenvalue weighted by molar-refractivity contribution is 0.0715. The van der Waals surface area contributed by atoms with E-state index in [1.54, 1.807) is 0 Å². The molecule has 1 aliphatic rings. The molecular weight excluding hydrogens is 188 g/mol. The molecule has 0 spiro atoms. The SMILES string of the molecule is C[SiH](O)CCCOC1CCSC1. The van der Waals surface area contributed by atoms with Gasteiger partial charge >= 0.3 is 0 Å². The van der Waals surface area contributed by atoms with Crippen molar-refractivity contribution in [3.63, 3.8) is 0 Å². The molecule has 1 N–H and O–H groups in total. The van der Waals surface area contributed by atoms with Crippen LogP contribution in [0.3, 0.4) is 0 Å². The lowest BCUT2D eigenvalue weighted by Crippen LogP contribution is -2.13. The van der Waals surface area contributed by atoms with Gasteiger partial charge in [-0.25, -0.2) is 0 Å². The van der Waals surface area contributed by atoms with Crippen molar-refractivity contribution in [3.05, 3.63) is 0 Å². The van der Waals surface area contributed by atoms with Crippen molar-refractivity contribution in [2.75, 3.05) is 18.1 Å². The maximum atomic E-state index is 9.12. The van der Waals surface area contributed by atoms with Crippen molar-refractivity contribution in [2.24, 2.45) is 0 Å². The summed E-state index contributed by atoms with van der Waals surface area (Å²) in [4.78, 5) is 9.12. The third-order valence-electron chi connectivity index (χ3n) is 2.01. The van der Waals surface area contributed by atoms with E-state index in [0.29, 0.717) is 6.10 Å². The maximum Gasteiger partial charge on any atom is 0.169 e. The smallest absolute Gasteiger partial charge is 0.169 e. The summed E-state index contributed by atoms with van der Waals surface area (Å²) in [5, 5.41) is 0. The van der Waals surface area contributed by atoms with E-state index >= 15 is 0 Å². The molecule has 0 aliphatic carbocycles. The Morgan fingerprint density at radius 3 is 3.08 bits per heavy atom. The van der Waals surface area contributed by atoms with Crippen molar-refractivity contribution in [3.8, 4) is 0 Å². The zero-order valence-electron chi connectivity index (χ0n) is 7.66. The Hall–Kier alpha value is 0.487. The highest BCUT2D eigenvalue weighted by atomic mass is 32.2. The molecule has 0 aromatic heterocycles. The van der Waals surface area contributed by atoms with Crippen LogP contribution in [-0.2, 0) is 4.74 Å². The van der Waals surface area contributed by atoms with Crippen molar-refractivity contribution >= 4 is 20.8 Å². The molecule has 1 rings (SSSR count). The van der Waals surface area contributed by atoms with Crippen LogP contribution in [0.2, 0.25) is 12.6 Å². The highest BCUT2D eigenvalue weighted by Crippen LogP contribution is 2.20. The second kappa shape index (κ2) is 6.02. The summed E-state index contributed by atoms with van der Waals surface area (Å²) >= 11 is 1.98. The van der Waals surface area contributed by atoms with Crippen LogP contribution in [0.25, 0.3) is 0 Å². The molecule has 4 heteroatoms. The predicted octanol–water partition coefficient (Wildman–Crippen LogP) is 1.24. The van der Waals surface area contributed by atoms with Gasteiger partial charge in [0.25, 0.3) is 0 Å². The quantitative estimate of drug-likeness (QED) is 0.542. The van der Waals surface area contributed by atoms with Crippen LogP contribution in [0.4, 0.5) is 0 Å². The minimum atomic E-state index is -1.32. The zero-order valence-corrected chi connectivity index (χ0v) is 9.63. The van der Waals surface area contributed by atoms with Gasteiger partial charge in [0.1, 0.15) is 0 Å². The van der Waals surface area contributed by atoms with Gasteiger partial charge in [0.05, 0.1) is 6.10 Å². The number of hydrogen-bond acceptors (Lipinski definition) is 3. The third-order valence-corrected chi connectivity index (χ3v) is 4.38. The molecule has 0 aromatic carbocycles. The first kappa shape index (κ1) is 10.6. The van der Waals surface area contributed by atoms with E-state index in [-0.39, 0.29) is 0 Å². The first-order valence-corrected chi connectivity index (χ1v) is 8.30. The van der Waals surface area contributed by atoms with Crippen LogP contribution in [0.5, 0.6) is 0 Å². The highest BCUT2D eigenvalue weighted by Gasteiger charge is 2.15. The van der Waals surface area contributed by atoms with Gasteiger partial charge in [-0.2, -0.15) is 11.8 Å². The largest absolute Gasteiger partial charge is 0.435 e. The summed E-state index contributed by atoms with van der Waals surface area (Å²) < 4.78 is 5.64. The lowest BCUT2D eigenvalue weighted by atomic mass is 10.3. The predicted molar refractivity (Wildman–Crippen MR) is 56.3 cm³/mol. The fourth-order valence-corrected chi connectivity index (χ4v) is 3.15. The standard InChI is InChI=1S/C8H18O2SSi/c1-12(9)6-2-4-10-8-3-5-11-7-8/h8-9,12H,2-7H2,1H3. The molecule has 1 saturated heterocycles. The molecule has 12 heavy (non-hydrogen) atoms. The summed E-state index contributed by atoms with van der Waals surface area (Å²) in [7, 11) is -1.32. The zero-order chi connectivity index (χ0) is 8.81. The van der Waals surface area contributed by atoms with Crippen molar-refractivity contribution < 1.29 is 9.53 Å². The molecule has 1 aliphatic heterocycles. The minimum absolute atomic E-state index is 0.505. The Balaban J connectivity index is 1.88. The fraction of sp³-hybridized carbons (Fsp3) is 1.00. The van der Waals surface area contributed by atoms with Gasteiger partial charge in [-0.15, -0.1) is 0 Å². The molecule has 0 bridgehead atoms. The summed E-state index contributed by atoms with van der Waals surface area (Å²) in [6.07, 6.45) is 2.77. The Bertz CT molecular complexity index is 116. The first-order chi connectivity index (χ1) is 5.79. The molecule has 2 nitrogen and oxygen atoms in total. The van der Waals surface area contributed by atoms with Gasteiger partial charge in [0.2, 0.25) is 0 Å². The van der Waals surface area contributed by atoms with Crippen molar-refractivity contribution in [1.29, 1.82) is 0 Å². The van der Waals surface area contributed by atoms with E-state index in [4.69, 9.17) is 9.53 Å². The van der Waals surface area contributed by atoms with Crippen molar-refractivity contribution in [1.82, 2.24) is 0 Å². The topological polar surface area (TPSA) is 29.5 Å².